The number of esters is 1. The molecule has 0 aromatic heterocycles. The first kappa shape index (κ1) is 15.6. The van der Waals surface area contributed by atoms with Crippen LogP contribution in [0.25, 0.3) is 0 Å². The third kappa shape index (κ3) is 2.85. The number of hydrogen-bond acceptors (Lipinski definition) is 4. The van der Waals surface area contributed by atoms with Gasteiger partial charge in [-0.15, -0.1) is 0 Å². The normalized spacial score (nSPS) is 40.8. The van der Waals surface area contributed by atoms with Crippen LogP contribution in [0.3, 0.4) is 0 Å². The molecular formula is C19H28O4. The molecule has 4 nitrogen and oxygen atoms in total. The van der Waals surface area contributed by atoms with E-state index in [1.807, 2.05) is 0 Å². The van der Waals surface area contributed by atoms with Gasteiger partial charge >= 0.3 is 5.97 Å². The van der Waals surface area contributed by atoms with E-state index in [9.17, 15) is 4.79 Å². The third-order valence-electron chi connectivity index (χ3n) is 6.38. The number of carbonyl (C=O) groups is 1. The van der Waals surface area contributed by atoms with Crippen LogP contribution >= 0.6 is 0 Å². The fourth-order valence-electron chi connectivity index (χ4n) is 5.19. The van der Waals surface area contributed by atoms with Gasteiger partial charge in [-0.3, -0.25) is 4.79 Å². The number of methoxy groups -OCH3 is 1. The van der Waals surface area contributed by atoms with Crippen molar-refractivity contribution in [1.82, 2.24) is 0 Å². The quantitative estimate of drug-likeness (QED) is 0.576. The number of allylic oxidation sites excluding steroid dienone is 2. The highest BCUT2D eigenvalue weighted by Gasteiger charge is 2.51. The molecule has 4 rings (SSSR count). The van der Waals surface area contributed by atoms with E-state index in [1.165, 1.54) is 0 Å². The number of hydrogen-bond donors (Lipinski definition) is 0. The number of ether oxygens (including phenoxy) is 3. The first-order valence-electron chi connectivity index (χ1n) is 9.26. The maximum absolute atomic E-state index is 12.8. The molecule has 1 aliphatic heterocycles. The van der Waals surface area contributed by atoms with Gasteiger partial charge in [0.2, 0.25) is 0 Å². The molecule has 0 spiro atoms. The first-order valence-corrected chi connectivity index (χ1v) is 9.26. The minimum absolute atomic E-state index is 0.0301. The fourth-order valence-corrected chi connectivity index (χ4v) is 5.19. The van der Waals surface area contributed by atoms with Crippen molar-refractivity contribution in [2.24, 2.45) is 17.8 Å². The van der Waals surface area contributed by atoms with E-state index in [0.29, 0.717) is 18.4 Å². The van der Waals surface area contributed by atoms with Crippen LogP contribution in [0.4, 0.5) is 0 Å². The summed E-state index contributed by atoms with van der Waals surface area (Å²) in [5.41, 5.74) is -0.370. The average Bonchev–Trinajstić information content (AvgIpc) is 3.31. The van der Waals surface area contributed by atoms with Crippen LogP contribution in [0.2, 0.25) is 0 Å². The summed E-state index contributed by atoms with van der Waals surface area (Å²) < 4.78 is 17.6. The topological polar surface area (TPSA) is 44.8 Å². The van der Waals surface area contributed by atoms with E-state index in [2.05, 4.69) is 12.2 Å². The lowest BCUT2D eigenvalue weighted by molar-refractivity contribution is -0.183. The van der Waals surface area contributed by atoms with Crippen molar-refractivity contribution in [2.45, 2.75) is 69.2 Å². The summed E-state index contributed by atoms with van der Waals surface area (Å²) in [6, 6.07) is 0. The molecule has 1 saturated heterocycles. The Bertz CT molecular complexity index is 480. The maximum atomic E-state index is 12.8. The Labute approximate surface area is 138 Å². The van der Waals surface area contributed by atoms with Crippen LogP contribution < -0.4 is 0 Å². The second-order valence-corrected chi connectivity index (χ2v) is 7.86. The van der Waals surface area contributed by atoms with Gasteiger partial charge in [0, 0.05) is 7.11 Å². The molecule has 2 bridgehead atoms. The summed E-state index contributed by atoms with van der Waals surface area (Å²) in [5.74, 6) is 1.13. The zero-order valence-corrected chi connectivity index (χ0v) is 14.0. The maximum Gasteiger partial charge on any atom is 0.310 e. The molecule has 5 atom stereocenters. The molecule has 4 heteroatoms. The number of rotatable bonds is 5. The van der Waals surface area contributed by atoms with Crippen molar-refractivity contribution in [3.05, 3.63) is 12.2 Å². The number of carbonyl (C=O) groups excluding carboxylic acids is 1. The van der Waals surface area contributed by atoms with Crippen molar-refractivity contribution in [3.8, 4) is 0 Å². The van der Waals surface area contributed by atoms with Crippen LogP contribution in [0.1, 0.15) is 51.4 Å². The molecule has 0 N–H and O–H groups in total. The molecule has 23 heavy (non-hydrogen) atoms. The second-order valence-electron chi connectivity index (χ2n) is 7.86. The molecule has 0 aromatic rings. The molecule has 1 heterocycles. The highest BCUT2D eigenvalue weighted by molar-refractivity contribution is 5.74. The summed E-state index contributed by atoms with van der Waals surface area (Å²) in [5, 5.41) is 0. The lowest BCUT2D eigenvalue weighted by Gasteiger charge is -2.36. The summed E-state index contributed by atoms with van der Waals surface area (Å²) in [6.45, 7) is 0.637. The second kappa shape index (κ2) is 6.21. The number of fused-ring (bicyclic) bond motifs is 2. The van der Waals surface area contributed by atoms with E-state index >= 15 is 0 Å². The fraction of sp³-hybridized carbons (Fsp3) is 0.842. The van der Waals surface area contributed by atoms with Crippen LogP contribution in [0.15, 0.2) is 12.2 Å². The summed E-state index contributed by atoms with van der Waals surface area (Å²) in [4.78, 5) is 12.8. The standard InChI is InChI=1S/C19H28O4/c1-21-12-15-6-7-17(22-15)19(8-2-3-9-19)23-18(20)16-11-13-4-5-14(16)10-13/h4-5,13-17H,2-3,6-12H2,1H3. The van der Waals surface area contributed by atoms with Crippen LogP contribution in [0.5, 0.6) is 0 Å². The highest BCUT2D eigenvalue weighted by Crippen LogP contribution is 2.47. The van der Waals surface area contributed by atoms with Crippen molar-refractivity contribution in [2.75, 3.05) is 13.7 Å². The monoisotopic (exact) mass is 320 g/mol. The molecule has 3 aliphatic carbocycles. The van der Waals surface area contributed by atoms with Gasteiger partial charge in [0.05, 0.1) is 24.7 Å². The lowest BCUT2D eigenvalue weighted by atomic mass is 9.90. The minimum atomic E-state index is -0.370. The van der Waals surface area contributed by atoms with E-state index in [1.54, 1.807) is 7.11 Å². The average molecular weight is 320 g/mol. The zero-order valence-electron chi connectivity index (χ0n) is 14.0. The zero-order chi connectivity index (χ0) is 15.9. The van der Waals surface area contributed by atoms with E-state index in [0.717, 1.165) is 51.4 Å². The van der Waals surface area contributed by atoms with Gasteiger partial charge in [-0.1, -0.05) is 12.2 Å². The largest absolute Gasteiger partial charge is 0.456 e. The minimum Gasteiger partial charge on any atom is -0.456 e. The molecule has 128 valence electrons. The Morgan fingerprint density at radius 1 is 1.22 bits per heavy atom. The van der Waals surface area contributed by atoms with Gasteiger partial charge in [-0.05, 0) is 63.2 Å². The smallest absolute Gasteiger partial charge is 0.310 e. The molecule has 2 saturated carbocycles. The van der Waals surface area contributed by atoms with Crippen LogP contribution in [-0.4, -0.2) is 37.5 Å². The summed E-state index contributed by atoms with van der Waals surface area (Å²) >= 11 is 0. The van der Waals surface area contributed by atoms with Gasteiger partial charge in [0.25, 0.3) is 0 Å². The first-order chi connectivity index (χ1) is 11.2. The SMILES string of the molecule is COCC1CCC(C2(OC(=O)C3CC4C=CC3C4)CCCC2)O1. The van der Waals surface area contributed by atoms with Gasteiger partial charge in [-0.25, -0.2) is 0 Å². The highest BCUT2D eigenvalue weighted by atomic mass is 16.6. The summed E-state index contributed by atoms with van der Waals surface area (Å²) in [6.07, 6.45) is 13.0. The molecule has 4 aliphatic rings. The molecule has 0 aromatic carbocycles. The molecule has 3 fully saturated rings. The molecule has 0 radical (unpaired) electrons. The van der Waals surface area contributed by atoms with Crippen molar-refractivity contribution >= 4 is 5.97 Å². The van der Waals surface area contributed by atoms with Crippen molar-refractivity contribution in [3.63, 3.8) is 0 Å². The van der Waals surface area contributed by atoms with Crippen LogP contribution in [-0.2, 0) is 19.0 Å². The molecule has 5 unspecified atom stereocenters. The van der Waals surface area contributed by atoms with E-state index in [-0.39, 0.29) is 29.7 Å². The van der Waals surface area contributed by atoms with Crippen molar-refractivity contribution in [1.29, 1.82) is 0 Å². The Morgan fingerprint density at radius 3 is 2.70 bits per heavy atom. The molecular weight excluding hydrogens is 292 g/mol. The van der Waals surface area contributed by atoms with Crippen molar-refractivity contribution < 1.29 is 19.0 Å². The predicted molar refractivity (Wildman–Crippen MR) is 85.9 cm³/mol. The Morgan fingerprint density at radius 2 is 2.04 bits per heavy atom. The van der Waals surface area contributed by atoms with Crippen LogP contribution in [0, 0.1) is 17.8 Å². The van der Waals surface area contributed by atoms with Gasteiger partial charge in [0.15, 0.2) is 0 Å². The Kier molecular flexibility index (Phi) is 4.22. The molecule has 0 amide bonds. The van der Waals surface area contributed by atoms with Gasteiger partial charge < -0.3 is 14.2 Å². The Balaban J connectivity index is 1.43. The lowest BCUT2D eigenvalue weighted by Crippen LogP contribution is -2.46. The van der Waals surface area contributed by atoms with E-state index < -0.39 is 0 Å². The van der Waals surface area contributed by atoms with Gasteiger partial charge in [-0.2, -0.15) is 0 Å². The third-order valence-corrected chi connectivity index (χ3v) is 6.38. The van der Waals surface area contributed by atoms with Gasteiger partial charge in [0.1, 0.15) is 5.60 Å². The Hall–Kier alpha value is -0.870. The van der Waals surface area contributed by atoms with E-state index in [4.69, 9.17) is 14.2 Å². The summed E-state index contributed by atoms with van der Waals surface area (Å²) in [7, 11) is 1.71. The predicted octanol–water partition coefficient (Wildman–Crippen LogP) is 3.25.